The summed E-state index contributed by atoms with van der Waals surface area (Å²) in [6, 6.07) is 2.99. The molecule has 4 nitrogen and oxygen atoms in total. The van der Waals surface area contributed by atoms with Crippen molar-refractivity contribution in [3.8, 4) is 11.5 Å². The van der Waals surface area contributed by atoms with E-state index in [1.54, 1.807) is 0 Å². The van der Waals surface area contributed by atoms with Crippen molar-refractivity contribution in [2.24, 2.45) is 11.7 Å². The number of amides is 1. The maximum Gasteiger partial charge on any atom is 0.252 e. The van der Waals surface area contributed by atoms with Crippen LogP contribution in [0.15, 0.2) is 12.1 Å². The first-order chi connectivity index (χ1) is 7.63. The first-order valence-electron chi connectivity index (χ1n) is 5.32. The Morgan fingerprint density at radius 3 is 2.75 bits per heavy atom. The van der Waals surface area contributed by atoms with E-state index in [0.717, 1.165) is 6.42 Å². The number of primary amides is 1. The third kappa shape index (κ3) is 1.96. The quantitative estimate of drug-likeness (QED) is 0.808. The van der Waals surface area contributed by atoms with Gasteiger partial charge in [-0.05, 0) is 37.3 Å². The molecule has 1 fully saturated rings. The van der Waals surface area contributed by atoms with E-state index in [-0.39, 0.29) is 5.75 Å². The number of phenolic OH excluding ortho intramolecular Hbond substituents is 1. The molecular weight excluding hydrogens is 206 g/mol. The Morgan fingerprint density at radius 1 is 1.56 bits per heavy atom. The summed E-state index contributed by atoms with van der Waals surface area (Å²) in [7, 11) is 1.48. The fraction of sp³-hybridized carbons (Fsp3) is 0.417. The molecule has 0 saturated heterocycles. The van der Waals surface area contributed by atoms with Gasteiger partial charge in [-0.1, -0.05) is 0 Å². The second-order valence-corrected chi connectivity index (χ2v) is 4.16. The van der Waals surface area contributed by atoms with Crippen LogP contribution in [-0.4, -0.2) is 18.1 Å². The van der Waals surface area contributed by atoms with E-state index in [9.17, 15) is 9.90 Å². The van der Waals surface area contributed by atoms with E-state index in [1.807, 2.05) is 0 Å². The predicted octanol–water partition coefficient (Wildman–Crippen LogP) is 1.45. The Labute approximate surface area is 94.0 Å². The summed E-state index contributed by atoms with van der Waals surface area (Å²) in [5, 5.41) is 9.77. The topological polar surface area (TPSA) is 72.5 Å². The molecule has 1 aliphatic carbocycles. The number of nitrogens with two attached hydrogens (primary N) is 1. The summed E-state index contributed by atoms with van der Waals surface area (Å²) in [6.07, 6.45) is 3.09. The number of aromatic hydroxyl groups is 1. The van der Waals surface area contributed by atoms with Crippen LogP contribution in [0.3, 0.4) is 0 Å². The van der Waals surface area contributed by atoms with Gasteiger partial charge < -0.3 is 15.6 Å². The lowest BCUT2D eigenvalue weighted by atomic mass is 10.0. The smallest absolute Gasteiger partial charge is 0.252 e. The van der Waals surface area contributed by atoms with Gasteiger partial charge in [-0.3, -0.25) is 4.79 Å². The average molecular weight is 221 g/mol. The highest BCUT2D eigenvalue weighted by Gasteiger charge is 2.26. The molecule has 1 saturated carbocycles. The lowest BCUT2D eigenvalue weighted by Gasteiger charge is -2.13. The standard InChI is InChI=1S/C12H15NO3/c1-16-11-8(12(13)15)4-5-10(14)9(11)6-7-2-3-7/h4-5,7,14H,2-3,6H2,1H3,(H2,13,15). The van der Waals surface area contributed by atoms with E-state index in [0.29, 0.717) is 22.8 Å². The molecule has 16 heavy (non-hydrogen) atoms. The van der Waals surface area contributed by atoms with E-state index in [4.69, 9.17) is 10.5 Å². The molecule has 2 rings (SSSR count). The maximum atomic E-state index is 11.2. The molecule has 1 aliphatic rings. The van der Waals surface area contributed by atoms with Gasteiger partial charge in [-0.25, -0.2) is 0 Å². The van der Waals surface area contributed by atoms with Crippen LogP contribution in [0.1, 0.15) is 28.8 Å². The molecule has 0 unspecified atom stereocenters. The van der Waals surface area contributed by atoms with Crippen LogP contribution in [0.25, 0.3) is 0 Å². The zero-order valence-electron chi connectivity index (χ0n) is 9.19. The number of hydrogen-bond donors (Lipinski definition) is 2. The summed E-state index contributed by atoms with van der Waals surface area (Å²) < 4.78 is 5.19. The third-order valence-corrected chi connectivity index (χ3v) is 2.90. The van der Waals surface area contributed by atoms with E-state index in [1.165, 1.54) is 32.1 Å². The lowest BCUT2D eigenvalue weighted by molar-refractivity contribution is 0.0997. The normalized spacial score (nSPS) is 14.8. The Balaban J connectivity index is 2.45. The number of carbonyl (C=O) groups excluding carboxylic acids is 1. The van der Waals surface area contributed by atoms with Gasteiger partial charge in [0, 0.05) is 5.56 Å². The number of carbonyl (C=O) groups is 1. The van der Waals surface area contributed by atoms with Crippen LogP contribution < -0.4 is 10.5 Å². The minimum absolute atomic E-state index is 0.175. The summed E-state index contributed by atoms with van der Waals surface area (Å²) in [6.45, 7) is 0. The fourth-order valence-corrected chi connectivity index (χ4v) is 1.85. The van der Waals surface area contributed by atoms with Crippen LogP contribution in [0, 0.1) is 5.92 Å². The Kier molecular flexibility index (Phi) is 2.73. The van der Waals surface area contributed by atoms with Crippen molar-refractivity contribution in [1.82, 2.24) is 0 Å². The van der Waals surface area contributed by atoms with Crippen LogP contribution in [0.5, 0.6) is 11.5 Å². The molecule has 1 amide bonds. The second-order valence-electron chi connectivity index (χ2n) is 4.16. The largest absolute Gasteiger partial charge is 0.508 e. The Hall–Kier alpha value is -1.71. The van der Waals surface area contributed by atoms with Crippen LogP contribution in [0.2, 0.25) is 0 Å². The van der Waals surface area contributed by atoms with Crippen molar-refractivity contribution < 1.29 is 14.6 Å². The number of methoxy groups -OCH3 is 1. The van der Waals surface area contributed by atoms with E-state index in [2.05, 4.69) is 0 Å². The molecule has 0 bridgehead atoms. The second kappa shape index (κ2) is 4.04. The molecule has 0 aliphatic heterocycles. The van der Waals surface area contributed by atoms with Crippen molar-refractivity contribution in [3.63, 3.8) is 0 Å². The predicted molar refractivity (Wildman–Crippen MR) is 59.6 cm³/mol. The van der Waals surface area contributed by atoms with Gasteiger partial charge >= 0.3 is 0 Å². The number of rotatable bonds is 4. The van der Waals surface area contributed by atoms with Crippen molar-refractivity contribution in [2.75, 3.05) is 7.11 Å². The van der Waals surface area contributed by atoms with Crippen molar-refractivity contribution in [3.05, 3.63) is 23.3 Å². The molecule has 4 heteroatoms. The SMILES string of the molecule is COc1c(C(N)=O)ccc(O)c1CC1CC1. The first-order valence-corrected chi connectivity index (χ1v) is 5.32. The van der Waals surface area contributed by atoms with Crippen LogP contribution >= 0.6 is 0 Å². The zero-order chi connectivity index (χ0) is 11.7. The first kappa shape index (κ1) is 10.8. The molecule has 3 N–H and O–H groups in total. The third-order valence-electron chi connectivity index (χ3n) is 2.90. The fourth-order valence-electron chi connectivity index (χ4n) is 1.85. The summed E-state index contributed by atoms with van der Waals surface area (Å²) in [5.41, 5.74) is 6.28. The van der Waals surface area contributed by atoms with Gasteiger partial charge in [0.25, 0.3) is 5.91 Å². The van der Waals surface area contributed by atoms with Crippen molar-refractivity contribution in [2.45, 2.75) is 19.3 Å². The van der Waals surface area contributed by atoms with Gasteiger partial charge in [0.05, 0.1) is 12.7 Å². The summed E-state index contributed by atoms with van der Waals surface area (Å²) in [4.78, 5) is 11.2. The van der Waals surface area contributed by atoms with E-state index >= 15 is 0 Å². The monoisotopic (exact) mass is 221 g/mol. The summed E-state index contributed by atoms with van der Waals surface area (Å²) >= 11 is 0. The van der Waals surface area contributed by atoms with Gasteiger partial charge in [0.2, 0.25) is 0 Å². The molecule has 1 aromatic rings. The van der Waals surface area contributed by atoms with E-state index < -0.39 is 5.91 Å². The Bertz CT molecular complexity index is 425. The molecule has 0 heterocycles. The van der Waals surface area contributed by atoms with Crippen LogP contribution in [0.4, 0.5) is 0 Å². The van der Waals surface area contributed by atoms with Gasteiger partial charge in [-0.2, -0.15) is 0 Å². The number of hydrogen-bond acceptors (Lipinski definition) is 3. The highest BCUT2D eigenvalue weighted by Crippen LogP contribution is 2.40. The Morgan fingerprint density at radius 2 is 2.25 bits per heavy atom. The maximum absolute atomic E-state index is 11.2. The summed E-state index contributed by atoms with van der Waals surface area (Å²) in [5.74, 6) is 0.657. The zero-order valence-corrected chi connectivity index (χ0v) is 9.19. The van der Waals surface area contributed by atoms with Gasteiger partial charge in [0.1, 0.15) is 11.5 Å². The molecular formula is C12H15NO3. The molecule has 0 atom stereocenters. The molecule has 1 aromatic carbocycles. The lowest BCUT2D eigenvalue weighted by Crippen LogP contribution is -2.13. The van der Waals surface area contributed by atoms with Crippen molar-refractivity contribution in [1.29, 1.82) is 0 Å². The molecule has 86 valence electrons. The number of benzene rings is 1. The number of ether oxygens (including phenoxy) is 1. The molecule has 0 aromatic heterocycles. The number of phenols is 1. The molecule has 0 spiro atoms. The van der Waals surface area contributed by atoms with Gasteiger partial charge in [0.15, 0.2) is 0 Å². The highest BCUT2D eigenvalue weighted by molar-refractivity contribution is 5.96. The minimum atomic E-state index is -0.533. The highest BCUT2D eigenvalue weighted by atomic mass is 16.5. The average Bonchev–Trinajstić information content (AvgIpc) is 3.04. The molecule has 0 radical (unpaired) electrons. The minimum Gasteiger partial charge on any atom is -0.508 e. The van der Waals surface area contributed by atoms with Crippen LogP contribution in [-0.2, 0) is 6.42 Å². The van der Waals surface area contributed by atoms with Crippen molar-refractivity contribution >= 4 is 5.91 Å². The van der Waals surface area contributed by atoms with Gasteiger partial charge in [-0.15, -0.1) is 0 Å².